The number of hydrogen-bond donors (Lipinski definition) is 1. The molecule has 1 aliphatic carbocycles. The fraction of sp³-hybridized carbons (Fsp3) is 0.727. The maximum Gasteiger partial charge on any atom is 0.111 e. The molecule has 0 radical (unpaired) electrons. The topological polar surface area (TPSA) is 38.1 Å². The second-order valence-electron chi connectivity index (χ2n) is 4.81. The van der Waals surface area contributed by atoms with Crippen LogP contribution in [0.4, 0.5) is 0 Å². The van der Waals surface area contributed by atoms with E-state index < -0.39 is 5.60 Å². The molecule has 3 unspecified atom stereocenters. The van der Waals surface area contributed by atoms with Crippen molar-refractivity contribution < 1.29 is 5.11 Å². The van der Waals surface area contributed by atoms with E-state index in [0.717, 1.165) is 12.2 Å². The van der Waals surface area contributed by atoms with Crippen LogP contribution in [0.3, 0.4) is 0 Å². The van der Waals surface area contributed by atoms with Crippen LogP contribution in [-0.4, -0.2) is 20.3 Å². The molecule has 14 heavy (non-hydrogen) atoms. The molecular weight excluding hydrogens is 176 g/mol. The first kappa shape index (κ1) is 9.71. The zero-order valence-electron chi connectivity index (χ0n) is 9.07. The third kappa shape index (κ3) is 1.69. The fourth-order valence-electron chi connectivity index (χ4n) is 2.21. The van der Waals surface area contributed by atoms with Gasteiger partial charge in [0, 0.05) is 25.9 Å². The molecule has 0 bridgehead atoms. The summed E-state index contributed by atoms with van der Waals surface area (Å²) in [6.07, 6.45) is 5.51. The zero-order chi connectivity index (χ0) is 10.3. The number of aryl methyl sites for hydroxylation is 1. The SMILES string of the molecule is CC1CC1C(C)(O)Cc1nccn1C. The molecule has 78 valence electrons. The van der Waals surface area contributed by atoms with Crippen LogP contribution in [0, 0.1) is 11.8 Å². The summed E-state index contributed by atoms with van der Waals surface area (Å²) in [6.45, 7) is 4.12. The first-order chi connectivity index (χ1) is 6.50. The van der Waals surface area contributed by atoms with Crippen LogP contribution in [-0.2, 0) is 13.5 Å². The lowest BCUT2D eigenvalue weighted by atomic mass is 9.94. The number of imidazole rings is 1. The molecule has 1 saturated carbocycles. The Morgan fingerprint density at radius 3 is 2.79 bits per heavy atom. The lowest BCUT2D eigenvalue weighted by Gasteiger charge is -2.23. The molecule has 0 spiro atoms. The monoisotopic (exact) mass is 194 g/mol. The lowest BCUT2D eigenvalue weighted by molar-refractivity contribution is 0.0300. The van der Waals surface area contributed by atoms with Gasteiger partial charge in [-0.1, -0.05) is 6.92 Å². The van der Waals surface area contributed by atoms with Gasteiger partial charge in [0.15, 0.2) is 0 Å². The minimum Gasteiger partial charge on any atom is -0.389 e. The van der Waals surface area contributed by atoms with Gasteiger partial charge in [0.1, 0.15) is 5.82 Å². The highest BCUT2D eigenvalue weighted by Gasteiger charge is 2.46. The number of aliphatic hydroxyl groups is 1. The summed E-state index contributed by atoms with van der Waals surface area (Å²) in [5, 5.41) is 10.3. The normalized spacial score (nSPS) is 30.0. The maximum atomic E-state index is 10.3. The molecule has 1 heterocycles. The molecule has 3 heteroatoms. The van der Waals surface area contributed by atoms with Gasteiger partial charge in [-0.2, -0.15) is 0 Å². The van der Waals surface area contributed by atoms with E-state index in [0.29, 0.717) is 18.3 Å². The predicted octanol–water partition coefficient (Wildman–Crippen LogP) is 1.37. The summed E-state index contributed by atoms with van der Waals surface area (Å²) in [6, 6.07) is 0. The van der Waals surface area contributed by atoms with Crippen LogP contribution >= 0.6 is 0 Å². The molecule has 1 fully saturated rings. The molecule has 1 aliphatic rings. The summed E-state index contributed by atoms with van der Waals surface area (Å²) in [4.78, 5) is 4.24. The average molecular weight is 194 g/mol. The molecule has 0 aliphatic heterocycles. The number of aromatic nitrogens is 2. The van der Waals surface area contributed by atoms with Crippen molar-refractivity contribution in [1.29, 1.82) is 0 Å². The van der Waals surface area contributed by atoms with Crippen LogP contribution in [0.2, 0.25) is 0 Å². The highest BCUT2D eigenvalue weighted by atomic mass is 16.3. The summed E-state index contributed by atoms with van der Waals surface area (Å²) < 4.78 is 1.97. The van der Waals surface area contributed by atoms with Gasteiger partial charge in [-0.05, 0) is 25.2 Å². The highest BCUT2D eigenvalue weighted by molar-refractivity contribution is 5.04. The largest absolute Gasteiger partial charge is 0.389 e. The maximum absolute atomic E-state index is 10.3. The van der Waals surface area contributed by atoms with Crippen molar-refractivity contribution in [3.05, 3.63) is 18.2 Å². The Labute approximate surface area is 84.8 Å². The molecular formula is C11H18N2O. The molecule has 0 amide bonds. The van der Waals surface area contributed by atoms with Gasteiger partial charge < -0.3 is 9.67 Å². The Kier molecular flexibility index (Phi) is 2.14. The fourth-order valence-corrected chi connectivity index (χ4v) is 2.21. The van der Waals surface area contributed by atoms with Crippen molar-refractivity contribution in [2.45, 2.75) is 32.3 Å². The standard InChI is InChI=1S/C11H18N2O/c1-8-6-9(8)11(2,14)7-10-12-4-5-13(10)3/h4-5,8-9,14H,6-7H2,1-3H3. The van der Waals surface area contributed by atoms with Gasteiger partial charge in [0.2, 0.25) is 0 Å². The predicted molar refractivity (Wildman–Crippen MR) is 54.8 cm³/mol. The van der Waals surface area contributed by atoms with Crippen LogP contribution in [0.5, 0.6) is 0 Å². The second-order valence-corrected chi connectivity index (χ2v) is 4.81. The van der Waals surface area contributed by atoms with E-state index in [-0.39, 0.29) is 0 Å². The van der Waals surface area contributed by atoms with Gasteiger partial charge in [-0.15, -0.1) is 0 Å². The molecule has 3 atom stereocenters. The lowest BCUT2D eigenvalue weighted by Crippen LogP contribution is -2.31. The third-order valence-electron chi connectivity index (χ3n) is 3.35. The molecule has 2 rings (SSSR count). The summed E-state index contributed by atoms with van der Waals surface area (Å²) in [5.74, 6) is 2.10. The van der Waals surface area contributed by atoms with Crippen molar-refractivity contribution in [3.63, 3.8) is 0 Å². The van der Waals surface area contributed by atoms with Crippen LogP contribution in [0.15, 0.2) is 12.4 Å². The molecule has 0 aromatic carbocycles. The first-order valence-corrected chi connectivity index (χ1v) is 5.19. The summed E-state index contributed by atoms with van der Waals surface area (Å²) in [5.41, 5.74) is -0.585. The Morgan fingerprint density at radius 2 is 2.36 bits per heavy atom. The quantitative estimate of drug-likeness (QED) is 0.789. The molecule has 1 aromatic rings. The van der Waals surface area contributed by atoms with Gasteiger partial charge in [0.05, 0.1) is 5.60 Å². The van der Waals surface area contributed by atoms with E-state index in [1.54, 1.807) is 6.20 Å². The van der Waals surface area contributed by atoms with E-state index in [1.807, 2.05) is 24.7 Å². The van der Waals surface area contributed by atoms with Crippen LogP contribution in [0.25, 0.3) is 0 Å². The van der Waals surface area contributed by atoms with Crippen molar-refractivity contribution in [3.8, 4) is 0 Å². The number of hydrogen-bond acceptors (Lipinski definition) is 2. The molecule has 0 saturated heterocycles. The second kappa shape index (κ2) is 3.09. The van der Waals surface area contributed by atoms with E-state index in [1.165, 1.54) is 0 Å². The smallest absolute Gasteiger partial charge is 0.111 e. The third-order valence-corrected chi connectivity index (χ3v) is 3.35. The van der Waals surface area contributed by atoms with Crippen LogP contribution < -0.4 is 0 Å². The number of nitrogens with zero attached hydrogens (tertiary/aromatic N) is 2. The van der Waals surface area contributed by atoms with E-state index in [4.69, 9.17) is 0 Å². The zero-order valence-corrected chi connectivity index (χ0v) is 9.07. The van der Waals surface area contributed by atoms with Crippen molar-refractivity contribution in [1.82, 2.24) is 9.55 Å². The van der Waals surface area contributed by atoms with Crippen molar-refractivity contribution >= 4 is 0 Å². The first-order valence-electron chi connectivity index (χ1n) is 5.19. The summed E-state index contributed by atoms with van der Waals surface area (Å²) >= 11 is 0. The Morgan fingerprint density at radius 1 is 1.71 bits per heavy atom. The van der Waals surface area contributed by atoms with Gasteiger partial charge >= 0.3 is 0 Å². The molecule has 1 N–H and O–H groups in total. The van der Waals surface area contributed by atoms with Gasteiger partial charge in [-0.3, -0.25) is 0 Å². The molecule has 1 aromatic heterocycles. The van der Waals surface area contributed by atoms with E-state index in [9.17, 15) is 5.11 Å². The minimum absolute atomic E-state index is 0.458. The average Bonchev–Trinajstić information content (AvgIpc) is 2.70. The van der Waals surface area contributed by atoms with E-state index >= 15 is 0 Å². The number of rotatable bonds is 3. The van der Waals surface area contributed by atoms with Gasteiger partial charge in [-0.25, -0.2) is 4.98 Å². The summed E-state index contributed by atoms with van der Waals surface area (Å²) in [7, 11) is 1.97. The van der Waals surface area contributed by atoms with Gasteiger partial charge in [0.25, 0.3) is 0 Å². The van der Waals surface area contributed by atoms with Crippen molar-refractivity contribution in [2.75, 3.05) is 0 Å². The highest BCUT2D eigenvalue weighted by Crippen LogP contribution is 2.46. The Hall–Kier alpha value is -0.830. The Bertz CT molecular complexity index is 330. The minimum atomic E-state index is -0.585. The van der Waals surface area contributed by atoms with Crippen molar-refractivity contribution in [2.24, 2.45) is 18.9 Å². The van der Waals surface area contributed by atoms with Crippen LogP contribution in [0.1, 0.15) is 26.1 Å². The Balaban J connectivity index is 2.07. The molecule has 3 nitrogen and oxygen atoms in total. The van der Waals surface area contributed by atoms with E-state index in [2.05, 4.69) is 11.9 Å².